The standard InChI is InChI=1S/C16H18N2O/c1-2-18(15-11-7-4-8-12-15)17-16(19)13-14-9-5-3-6-10-14/h3-12H,2,13H2,1H3,(H,17,19). The first kappa shape index (κ1) is 13.1. The first-order valence-electron chi connectivity index (χ1n) is 6.45. The molecule has 98 valence electrons. The van der Waals surface area contributed by atoms with Gasteiger partial charge in [0.05, 0.1) is 12.1 Å². The molecule has 0 saturated carbocycles. The summed E-state index contributed by atoms with van der Waals surface area (Å²) in [6, 6.07) is 19.6. The zero-order valence-electron chi connectivity index (χ0n) is 11.0. The summed E-state index contributed by atoms with van der Waals surface area (Å²) in [4.78, 5) is 12.0. The lowest BCUT2D eigenvalue weighted by atomic mass is 10.1. The Balaban J connectivity index is 1.97. The molecule has 0 heterocycles. The van der Waals surface area contributed by atoms with Gasteiger partial charge in [-0.15, -0.1) is 0 Å². The van der Waals surface area contributed by atoms with Gasteiger partial charge in [-0.3, -0.25) is 15.2 Å². The highest BCUT2D eigenvalue weighted by Gasteiger charge is 2.08. The smallest absolute Gasteiger partial charge is 0.242 e. The SMILES string of the molecule is CCN(NC(=O)Cc1ccccc1)c1ccccc1. The largest absolute Gasteiger partial charge is 0.286 e. The highest BCUT2D eigenvalue weighted by Crippen LogP contribution is 2.10. The van der Waals surface area contributed by atoms with Gasteiger partial charge in [0.25, 0.3) is 0 Å². The molecule has 0 unspecified atom stereocenters. The maximum atomic E-state index is 12.0. The molecule has 0 atom stereocenters. The molecule has 0 spiro atoms. The van der Waals surface area contributed by atoms with Crippen LogP contribution in [0.25, 0.3) is 0 Å². The molecule has 0 saturated heterocycles. The van der Waals surface area contributed by atoms with Gasteiger partial charge < -0.3 is 0 Å². The Hall–Kier alpha value is -2.29. The Morgan fingerprint density at radius 1 is 1.00 bits per heavy atom. The van der Waals surface area contributed by atoms with E-state index in [1.807, 2.05) is 72.6 Å². The number of nitrogens with one attached hydrogen (secondary N) is 1. The van der Waals surface area contributed by atoms with Crippen molar-refractivity contribution >= 4 is 11.6 Å². The topological polar surface area (TPSA) is 32.3 Å². The van der Waals surface area contributed by atoms with E-state index in [2.05, 4.69) is 5.43 Å². The lowest BCUT2D eigenvalue weighted by Gasteiger charge is -2.23. The zero-order valence-corrected chi connectivity index (χ0v) is 11.0. The first-order valence-corrected chi connectivity index (χ1v) is 6.45. The minimum atomic E-state index is -0.00287. The Kier molecular flexibility index (Phi) is 4.56. The minimum absolute atomic E-state index is 0.00287. The molecule has 2 rings (SSSR count). The molecule has 0 bridgehead atoms. The monoisotopic (exact) mass is 254 g/mol. The fourth-order valence-corrected chi connectivity index (χ4v) is 1.91. The van der Waals surface area contributed by atoms with E-state index in [4.69, 9.17) is 0 Å². The quantitative estimate of drug-likeness (QED) is 0.832. The van der Waals surface area contributed by atoms with Gasteiger partial charge in [-0.05, 0) is 24.6 Å². The molecule has 3 heteroatoms. The van der Waals surface area contributed by atoms with E-state index >= 15 is 0 Å². The number of carbonyl (C=O) groups is 1. The van der Waals surface area contributed by atoms with Gasteiger partial charge in [-0.1, -0.05) is 48.5 Å². The Morgan fingerprint density at radius 3 is 2.16 bits per heavy atom. The van der Waals surface area contributed by atoms with Gasteiger partial charge >= 0.3 is 0 Å². The van der Waals surface area contributed by atoms with Crippen molar-refractivity contribution in [3.63, 3.8) is 0 Å². The lowest BCUT2D eigenvalue weighted by molar-refractivity contribution is -0.120. The van der Waals surface area contributed by atoms with Crippen molar-refractivity contribution in [3.8, 4) is 0 Å². The van der Waals surface area contributed by atoms with E-state index in [0.29, 0.717) is 6.42 Å². The van der Waals surface area contributed by atoms with Gasteiger partial charge in [0.1, 0.15) is 0 Å². The van der Waals surface area contributed by atoms with E-state index in [1.165, 1.54) is 0 Å². The first-order chi connectivity index (χ1) is 9.29. The van der Waals surface area contributed by atoms with Crippen LogP contribution in [0.1, 0.15) is 12.5 Å². The van der Waals surface area contributed by atoms with Crippen LogP contribution >= 0.6 is 0 Å². The summed E-state index contributed by atoms with van der Waals surface area (Å²) in [5.74, 6) is -0.00287. The average molecular weight is 254 g/mol. The van der Waals surface area contributed by atoms with Crippen LogP contribution in [0.3, 0.4) is 0 Å². The molecule has 2 aromatic carbocycles. The van der Waals surface area contributed by atoms with Crippen LogP contribution in [0, 0.1) is 0 Å². The van der Waals surface area contributed by atoms with Crippen molar-refractivity contribution in [1.29, 1.82) is 0 Å². The van der Waals surface area contributed by atoms with Crippen molar-refractivity contribution in [2.75, 3.05) is 11.6 Å². The molecule has 3 nitrogen and oxygen atoms in total. The van der Waals surface area contributed by atoms with Crippen molar-refractivity contribution in [1.82, 2.24) is 5.43 Å². The van der Waals surface area contributed by atoms with Gasteiger partial charge in [-0.2, -0.15) is 0 Å². The summed E-state index contributed by atoms with van der Waals surface area (Å²) in [6.07, 6.45) is 0.393. The van der Waals surface area contributed by atoms with E-state index in [0.717, 1.165) is 17.8 Å². The number of amides is 1. The summed E-state index contributed by atoms with van der Waals surface area (Å²) >= 11 is 0. The number of hydrogen-bond acceptors (Lipinski definition) is 2. The van der Waals surface area contributed by atoms with E-state index < -0.39 is 0 Å². The zero-order chi connectivity index (χ0) is 13.5. The lowest BCUT2D eigenvalue weighted by Crippen LogP contribution is -2.43. The van der Waals surface area contributed by atoms with Gasteiger partial charge in [-0.25, -0.2) is 0 Å². The number of benzene rings is 2. The molecule has 0 fully saturated rings. The number of hydrogen-bond donors (Lipinski definition) is 1. The van der Waals surface area contributed by atoms with E-state index in [9.17, 15) is 4.79 Å². The number of anilines is 1. The Bertz CT molecular complexity index is 511. The predicted octanol–water partition coefficient (Wildman–Crippen LogP) is 2.79. The average Bonchev–Trinajstić information content (AvgIpc) is 2.47. The van der Waals surface area contributed by atoms with Gasteiger partial charge in [0.15, 0.2) is 0 Å². The molecule has 0 aliphatic heterocycles. The molecule has 0 radical (unpaired) electrons. The molecule has 0 aromatic heterocycles. The van der Waals surface area contributed by atoms with Gasteiger partial charge in [0, 0.05) is 6.54 Å². The highest BCUT2D eigenvalue weighted by atomic mass is 16.2. The molecular weight excluding hydrogens is 236 g/mol. The van der Waals surface area contributed by atoms with Crippen molar-refractivity contribution < 1.29 is 4.79 Å². The summed E-state index contributed by atoms with van der Waals surface area (Å²) < 4.78 is 0. The van der Waals surface area contributed by atoms with Gasteiger partial charge in [0.2, 0.25) is 5.91 Å². The molecular formula is C16H18N2O. The predicted molar refractivity (Wildman–Crippen MR) is 77.8 cm³/mol. The normalized spacial score (nSPS) is 9.95. The molecule has 19 heavy (non-hydrogen) atoms. The van der Waals surface area contributed by atoms with Crippen molar-refractivity contribution in [2.45, 2.75) is 13.3 Å². The number of para-hydroxylation sites is 1. The molecule has 1 amide bonds. The Labute approximate surface area is 113 Å². The molecule has 0 aliphatic rings. The van der Waals surface area contributed by atoms with Crippen molar-refractivity contribution in [3.05, 3.63) is 66.2 Å². The highest BCUT2D eigenvalue weighted by molar-refractivity contribution is 5.80. The minimum Gasteiger partial charge on any atom is -0.286 e. The molecule has 1 N–H and O–H groups in total. The number of carbonyl (C=O) groups excluding carboxylic acids is 1. The number of rotatable bonds is 5. The summed E-state index contributed by atoms with van der Waals surface area (Å²) in [5, 5.41) is 1.85. The summed E-state index contributed by atoms with van der Waals surface area (Å²) in [7, 11) is 0. The van der Waals surface area contributed by atoms with E-state index in [-0.39, 0.29) is 5.91 Å². The number of nitrogens with zero attached hydrogens (tertiary/aromatic N) is 1. The second-order valence-electron chi connectivity index (χ2n) is 4.28. The van der Waals surface area contributed by atoms with Crippen LogP contribution in [-0.2, 0) is 11.2 Å². The second-order valence-corrected chi connectivity index (χ2v) is 4.28. The number of hydrazine groups is 1. The maximum absolute atomic E-state index is 12.0. The van der Waals surface area contributed by atoms with E-state index in [1.54, 1.807) is 0 Å². The van der Waals surface area contributed by atoms with Crippen LogP contribution in [0.5, 0.6) is 0 Å². The summed E-state index contributed by atoms with van der Waals surface area (Å²) in [6.45, 7) is 2.74. The van der Waals surface area contributed by atoms with Crippen LogP contribution in [0.15, 0.2) is 60.7 Å². The molecule has 0 aliphatic carbocycles. The van der Waals surface area contributed by atoms with Crippen LogP contribution in [-0.4, -0.2) is 12.5 Å². The fraction of sp³-hybridized carbons (Fsp3) is 0.188. The third kappa shape index (κ3) is 3.85. The second kappa shape index (κ2) is 6.59. The Morgan fingerprint density at radius 2 is 1.58 bits per heavy atom. The third-order valence-corrected chi connectivity index (χ3v) is 2.85. The van der Waals surface area contributed by atoms with Crippen molar-refractivity contribution in [2.24, 2.45) is 0 Å². The fourth-order valence-electron chi connectivity index (χ4n) is 1.91. The molecule has 2 aromatic rings. The third-order valence-electron chi connectivity index (χ3n) is 2.85. The summed E-state index contributed by atoms with van der Waals surface area (Å²) in [5.41, 5.74) is 4.94. The van der Waals surface area contributed by atoms with Crippen LogP contribution in [0.2, 0.25) is 0 Å². The van der Waals surface area contributed by atoms with Crippen LogP contribution < -0.4 is 10.4 Å². The van der Waals surface area contributed by atoms with Crippen LogP contribution in [0.4, 0.5) is 5.69 Å². The maximum Gasteiger partial charge on any atom is 0.242 e.